The predicted octanol–water partition coefficient (Wildman–Crippen LogP) is -2.21. The van der Waals surface area contributed by atoms with Crippen molar-refractivity contribution in [2.45, 2.75) is 0 Å². The van der Waals surface area contributed by atoms with E-state index in [1.165, 1.54) is 0 Å². The Morgan fingerprint density at radius 2 is 2.09 bits per heavy atom. The van der Waals surface area contributed by atoms with Gasteiger partial charge in [0.1, 0.15) is 11.0 Å². The molecule has 0 saturated carbocycles. The minimum Gasteiger partial charge on any atom is -1.00 e. The number of para-hydroxylation sites is 1. The van der Waals surface area contributed by atoms with E-state index in [1.807, 2.05) is 12.1 Å². The third kappa shape index (κ3) is 1.23. The maximum atomic E-state index is 8.95. The molecule has 1 aromatic heterocycles. The van der Waals surface area contributed by atoms with Crippen LogP contribution in [0.5, 0.6) is 0 Å². The van der Waals surface area contributed by atoms with Crippen LogP contribution in [0, 0.1) is 0 Å². The molecule has 0 atom stereocenters. The van der Waals surface area contributed by atoms with Crippen molar-refractivity contribution in [3.8, 4) is 0 Å². The first-order valence-electron chi connectivity index (χ1n) is 2.87. The fraction of sp³-hybridized carbons (Fsp3) is 0. The largest absolute Gasteiger partial charge is 1.00 e. The summed E-state index contributed by atoms with van der Waals surface area (Å²) in [5.41, 5.74) is 1.33. The van der Waals surface area contributed by atoms with Gasteiger partial charge in [-0.2, -0.15) is 0 Å². The van der Waals surface area contributed by atoms with Crippen LogP contribution in [0.3, 0.4) is 0 Å². The van der Waals surface area contributed by atoms with Crippen LogP contribution >= 0.6 is 0 Å². The molecule has 0 saturated heterocycles. The number of rotatable bonds is 0. The van der Waals surface area contributed by atoms with E-state index in [2.05, 4.69) is 10.3 Å². The number of nitrogens with zero attached hydrogens (tertiary/aromatic N) is 3. The maximum absolute atomic E-state index is 8.95. The zero-order valence-corrected chi connectivity index (χ0v) is 6.10. The van der Waals surface area contributed by atoms with Gasteiger partial charge in [0, 0.05) is 0 Å². The van der Waals surface area contributed by atoms with Crippen molar-refractivity contribution in [2.75, 3.05) is 0 Å². The molecule has 0 unspecified atom stereocenters. The van der Waals surface area contributed by atoms with Crippen LogP contribution in [0.2, 0.25) is 0 Å². The predicted molar refractivity (Wildman–Crippen MR) is 35.8 cm³/mol. The molecular formula is C6H6LiN3O. The van der Waals surface area contributed by atoms with Crippen molar-refractivity contribution >= 4 is 11.0 Å². The first-order chi connectivity index (χ1) is 4.88. The molecule has 4 nitrogen and oxygen atoms in total. The summed E-state index contributed by atoms with van der Waals surface area (Å²) in [4.78, 5) is 0.759. The van der Waals surface area contributed by atoms with Crippen LogP contribution in [0.1, 0.15) is 1.43 Å². The molecule has 1 heterocycles. The fourth-order valence-electron chi connectivity index (χ4n) is 0.857. The van der Waals surface area contributed by atoms with E-state index < -0.39 is 0 Å². The van der Waals surface area contributed by atoms with E-state index >= 15 is 0 Å². The fourth-order valence-corrected chi connectivity index (χ4v) is 0.857. The van der Waals surface area contributed by atoms with Gasteiger partial charge in [0.05, 0.1) is 0 Å². The third-order valence-electron chi connectivity index (χ3n) is 1.33. The number of benzene rings is 1. The molecule has 0 bridgehead atoms. The van der Waals surface area contributed by atoms with Gasteiger partial charge < -0.3 is 6.63 Å². The third-order valence-corrected chi connectivity index (χ3v) is 1.33. The van der Waals surface area contributed by atoms with Crippen LogP contribution in [0.25, 0.3) is 11.0 Å². The summed E-state index contributed by atoms with van der Waals surface area (Å²) in [6.45, 7) is 0. The average Bonchev–Trinajstić information content (AvgIpc) is 2.34. The molecular weight excluding hydrogens is 137 g/mol. The Labute approximate surface area is 76.4 Å². The molecule has 2 rings (SSSR count). The number of aromatic nitrogens is 3. The Balaban J connectivity index is 0.000000605. The SMILES string of the molecule is On1nnc2ccccc21.[H-].[Li+]. The van der Waals surface area contributed by atoms with Gasteiger partial charge in [-0.05, 0) is 17.3 Å². The summed E-state index contributed by atoms with van der Waals surface area (Å²) in [6.07, 6.45) is 0. The van der Waals surface area contributed by atoms with E-state index in [0.717, 1.165) is 4.85 Å². The van der Waals surface area contributed by atoms with Crippen LogP contribution < -0.4 is 18.9 Å². The summed E-state index contributed by atoms with van der Waals surface area (Å²) >= 11 is 0. The zero-order chi connectivity index (χ0) is 6.97. The van der Waals surface area contributed by atoms with Gasteiger partial charge in [-0.25, -0.2) is 0 Å². The van der Waals surface area contributed by atoms with E-state index in [9.17, 15) is 0 Å². The molecule has 0 fully saturated rings. The minimum absolute atomic E-state index is 0. The van der Waals surface area contributed by atoms with E-state index in [-0.39, 0.29) is 20.3 Å². The Kier molecular flexibility index (Phi) is 2.18. The van der Waals surface area contributed by atoms with Gasteiger partial charge >= 0.3 is 18.9 Å². The van der Waals surface area contributed by atoms with Crippen molar-refractivity contribution in [1.82, 2.24) is 15.2 Å². The summed E-state index contributed by atoms with van der Waals surface area (Å²) in [5, 5.41) is 16.1. The minimum atomic E-state index is 0. The van der Waals surface area contributed by atoms with Crippen molar-refractivity contribution in [2.24, 2.45) is 0 Å². The molecule has 0 spiro atoms. The van der Waals surface area contributed by atoms with Crippen LogP contribution in [0.15, 0.2) is 24.3 Å². The first-order valence-corrected chi connectivity index (χ1v) is 2.87. The molecule has 0 radical (unpaired) electrons. The second-order valence-electron chi connectivity index (χ2n) is 1.97. The Hall–Kier alpha value is -0.983. The molecule has 0 amide bonds. The second kappa shape index (κ2) is 2.95. The van der Waals surface area contributed by atoms with Crippen LogP contribution in [-0.4, -0.2) is 20.4 Å². The standard InChI is InChI=1S/C6H5N3O.Li.H/c10-9-6-4-2-1-3-5(6)7-8-9;;/h1-4,10H;;/q;+1;-1. The topological polar surface area (TPSA) is 50.9 Å². The first kappa shape index (κ1) is 8.12. The summed E-state index contributed by atoms with van der Waals surface area (Å²) < 4.78 is 0. The normalized spacial score (nSPS) is 9.45. The van der Waals surface area contributed by atoms with Crippen LogP contribution in [-0.2, 0) is 0 Å². The van der Waals surface area contributed by atoms with Gasteiger partial charge in [0.15, 0.2) is 0 Å². The van der Waals surface area contributed by atoms with Crippen molar-refractivity contribution in [3.63, 3.8) is 0 Å². The molecule has 2 aromatic rings. The van der Waals surface area contributed by atoms with Crippen molar-refractivity contribution in [1.29, 1.82) is 0 Å². The van der Waals surface area contributed by atoms with Gasteiger partial charge in [-0.3, -0.25) is 0 Å². The molecule has 1 N–H and O–H groups in total. The van der Waals surface area contributed by atoms with E-state index in [4.69, 9.17) is 5.21 Å². The smallest absolute Gasteiger partial charge is 1.00 e. The second-order valence-corrected chi connectivity index (χ2v) is 1.97. The average molecular weight is 143 g/mol. The van der Waals surface area contributed by atoms with E-state index in [1.54, 1.807) is 12.1 Å². The Morgan fingerprint density at radius 3 is 2.82 bits per heavy atom. The Morgan fingerprint density at radius 1 is 1.36 bits per heavy atom. The van der Waals surface area contributed by atoms with Gasteiger partial charge in [-0.15, -0.1) is 5.10 Å². The Bertz CT molecular complexity index is 364. The number of hydrogen-bond acceptors (Lipinski definition) is 3. The quantitative estimate of drug-likeness (QED) is 0.336. The van der Waals surface area contributed by atoms with Crippen LogP contribution in [0.4, 0.5) is 0 Å². The maximum Gasteiger partial charge on any atom is 1.00 e. The van der Waals surface area contributed by atoms with Gasteiger partial charge in [0.25, 0.3) is 0 Å². The van der Waals surface area contributed by atoms with Crippen molar-refractivity contribution in [3.05, 3.63) is 24.3 Å². The molecule has 0 aliphatic rings. The molecule has 52 valence electrons. The van der Waals surface area contributed by atoms with Crippen molar-refractivity contribution < 1.29 is 25.5 Å². The molecule has 0 aliphatic carbocycles. The summed E-state index contributed by atoms with van der Waals surface area (Å²) in [6, 6.07) is 7.19. The van der Waals surface area contributed by atoms with Gasteiger partial charge in [-0.1, -0.05) is 17.0 Å². The molecule has 5 heteroatoms. The molecule has 1 aromatic carbocycles. The monoisotopic (exact) mass is 143 g/mol. The molecule has 0 aliphatic heterocycles. The summed E-state index contributed by atoms with van der Waals surface area (Å²) in [7, 11) is 0. The zero-order valence-electron chi connectivity index (χ0n) is 7.10. The molecule has 11 heavy (non-hydrogen) atoms. The number of hydrogen-bond donors (Lipinski definition) is 1. The number of fused-ring (bicyclic) bond motifs is 1. The van der Waals surface area contributed by atoms with Gasteiger partial charge in [0.2, 0.25) is 0 Å². The summed E-state index contributed by atoms with van der Waals surface area (Å²) in [5.74, 6) is 0. The van der Waals surface area contributed by atoms with E-state index in [0.29, 0.717) is 11.0 Å².